The van der Waals surface area contributed by atoms with Crippen molar-refractivity contribution >= 4 is 41.8 Å². The Morgan fingerprint density at radius 3 is 2.29 bits per heavy atom. The molecule has 8 nitrogen and oxygen atoms in total. The Kier molecular flexibility index (Phi) is 11.2. The molecule has 0 spiro atoms. The standard InChI is InChI=1S/C20H23F2N5O3.HI/c1-24-20(27-11-15-4-2-3-5-16(15)30-19(21)22)26-10-13-6-8-14(9-7-13)18(29)25-12-17(23)28;/h2-9,19H,10-12H2,1H3,(H2,23,28)(H,25,29)(H2,24,26,27);1H. The minimum atomic E-state index is -2.90. The highest BCUT2D eigenvalue weighted by molar-refractivity contribution is 14.0. The van der Waals surface area contributed by atoms with Crippen LogP contribution in [0.15, 0.2) is 53.5 Å². The maximum atomic E-state index is 12.5. The first-order chi connectivity index (χ1) is 14.4. The Morgan fingerprint density at radius 1 is 1.03 bits per heavy atom. The van der Waals surface area contributed by atoms with Crippen molar-refractivity contribution in [2.24, 2.45) is 10.7 Å². The van der Waals surface area contributed by atoms with Gasteiger partial charge in [0.25, 0.3) is 5.91 Å². The number of carbonyl (C=O) groups excluding carboxylic acids is 2. The lowest BCUT2D eigenvalue weighted by Gasteiger charge is -2.14. The maximum absolute atomic E-state index is 12.5. The number of halogens is 3. The summed E-state index contributed by atoms with van der Waals surface area (Å²) in [4.78, 5) is 26.7. The molecule has 0 heterocycles. The van der Waals surface area contributed by atoms with Gasteiger partial charge < -0.3 is 26.4 Å². The smallest absolute Gasteiger partial charge is 0.387 e. The molecule has 0 saturated carbocycles. The van der Waals surface area contributed by atoms with Gasteiger partial charge in [0, 0.05) is 31.3 Å². The van der Waals surface area contributed by atoms with Gasteiger partial charge >= 0.3 is 6.61 Å². The van der Waals surface area contributed by atoms with Crippen LogP contribution in [0.5, 0.6) is 5.75 Å². The van der Waals surface area contributed by atoms with Crippen LogP contribution >= 0.6 is 24.0 Å². The first-order valence-corrected chi connectivity index (χ1v) is 9.01. The van der Waals surface area contributed by atoms with E-state index in [1.54, 1.807) is 49.5 Å². The predicted molar refractivity (Wildman–Crippen MR) is 123 cm³/mol. The van der Waals surface area contributed by atoms with Gasteiger partial charge in [-0.2, -0.15) is 8.78 Å². The second-order valence-electron chi connectivity index (χ2n) is 6.11. The van der Waals surface area contributed by atoms with Gasteiger partial charge in [0.15, 0.2) is 5.96 Å². The van der Waals surface area contributed by atoms with E-state index in [9.17, 15) is 18.4 Å². The fourth-order valence-electron chi connectivity index (χ4n) is 2.49. The minimum Gasteiger partial charge on any atom is -0.434 e. The molecular formula is C20H24F2IN5O3. The number of alkyl halides is 2. The summed E-state index contributed by atoms with van der Waals surface area (Å²) in [5.41, 5.74) is 6.84. The van der Waals surface area contributed by atoms with Gasteiger partial charge in [-0.3, -0.25) is 14.6 Å². The largest absolute Gasteiger partial charge is 0.434 e. The summed E-state index contributed by atoms with van der Waals surface area (Å²) in [5, 5.41) is 8.54. The van der Waals surface area contributed by atoms with E-state index in [-0.39, 0.29) is 42.8 Å². The zero-order valence-electron chi connectivity index (χ0n) is 16.7. The summed E-state index contributed by atoms with van der Waals surface area (Å²) in [6.07, 6.45) is 0. The number of amides is 2. The molecule has 0 aromatic heterocycles. The highest BCUT2D eigenvalue weighted by Gasteiger charge is 2.10. The highest BCUT2D eigenvalue weighted by Crippen LogP contribution is 2.19. The van der Waals surface area contributed by atoms with Crippen molar-refractivity contribution in [3.8, 4) is 5.75 Å². The molecule has 0 radical (unpaired) electrons. The molecule has 11 heteroatoms. The Morgan fingerprint density at radius 2 is 1.68 bits per heavy atom. The predicted octanol–water partition coefficient (Wildman–Crippen LogP) is 1.99. The fourth-order valence-corrected chi connectivity index (χ4v) is 2.49. The number of benzene rings is 2. The molecule has 0 unspecified atom stereocenters. The molecule has 0 aliphatic heterocycles. The fraction of sp³-hybridized carbons (Fsp3) is 0.250. The second kappa shape index (κ2) is 13.4. The SMILES string of the molecule is CN=C(NCc1ccc(C(=O)NCC(N)=O)cc1)NCc1ccccc1OC(F)F.I. The van der Waals surface area contributed by atoms with Crippen LogP contribution in [-0.2, 0) is 17.9 Å². The molecule has 168 valence electrons. The Bertz CT molecular complexity index is 895. The molecule has 31 heavy (non-hydrogen) atoms. The van der Waals surface area contributed by atoms with Crippen LogP contribution in [0.25, 0.3) is 0 Å². The first kappa shape index (κ1) is 26.1. The van der Waals surface area contributed by atoms with E-state index in [2.05, 4.69) is 25.7 Å². The monoisotopic (exact) mass is 547 g/mol. The summed E-state index contributed by atoms with van der Waals surface area (Å²) in [6, 6.07) is 13.3. The van der Waals surface area contributed by atoms with Crippen molar-refractivity contribution in [3.63, 3.8) is 0 Å². The number of rotatable bonds is 9. The van der Waals surface area contributed by atoms with Crippen molar-refractivity contribution in [2.75, 3.05) is 13.6 Å². The van der Waals surface area contributed by atoms with Crippen molar-refractivity contribution in [3.05, 3.63) is 65.2 Å². The van der Waals surface area contributed by atoms with Crippen LogP contribution in [0, 0.1) is 0 Å². The van der Waals surface area contributed by atoms with Gasteiger partial charge in [-0.15, -0.1) is 24.0 Å². The van der Waals surface area contributed by atoms with Crippen LogP contribution in [0.2, 0.25) is 0 Å². The number of nitrogens with zero attached hydrogens (tertiary/aromatic N) is 1. The minimum absolute atomic E-state index is 0. The van der Waals surface area contributed by atoms with Gasteiger partial charge in [0.2, 0.25) is 5.91 Å². The van der Waals surface area contributed by atoms with Crippen molar-refractivity contribution in [2.45, 2.75) is 19.7 Å². The third kappa shape index (κ3) is 9.15. The molecule has 2 rings (SSSR count). The van der Waals surface area contributed by atoms with E-state index in [1.165, 1.54) is 6.07 Å². The third-order valence-corrected chi connectivity index (χ3v) is 3.96. The van der Waals surface area contributed by atoms with E-state index in [1.807, 2.05) is 0 Å². The Balaban J connectivity index is 0.00000480. The topological polar surface area (TPSA) is 118 Å². The number of ether oxygens (including phenoxy) is 1. The first-order valence-electron chi connectivity index (χ1n) is 9.01. The number of primary amides is 1. The van der Waals surface area contributed by atoms with Crippen molar-refractivity contribution < 1.29 is 23.1 Å². The molecule has 0 fully saturated rings. The van der Waals surface area contributed by atoms with Crippen LogP contribution in [-0.4, -0.2) is 38.0 Å². The van der Waals surface area contributed by atoms with Crippen LogP contribution in [0.1, 0.15) is 21.5 Å². The number of carbonyl (C=O) groups is 2. The average molecular weight is 547 g/mol. The van der Waals surface area contributed by atoms with Gasteiger partial charge in [0.1, 0.15) is 5.75 Å². The number of nitrogens with two attached hydrogens (primary N) is 1. The number of aliphatic imine (C=N–C) groups is 1. The second-order valence-corrected chi connectivity index (χ2v) is 6.11. The van der Waals surface area contributed by atoms with Crippen LogP contribution < -0.4 is 26.4 Å². The quantitative estimate of drug-likeness (QED) is 0.218. The van der Waals surface area contributed by atoms with Gasteiger partial charge in [-0.1, -0.05) is 30.3 Å². The molecule has 0 aliphatic carbocycles. The summed E-state index contributed by atoms with van der Waals surface area (Å²) in [7, 11) is 1.59. The zero-order chi connectivity index (χ0) is 21.9. The van der Waals surface area contributed by atoms with E-state index in [0.717, 1.165) is 5.56 Å². The van der Waals surface area contributed by atoms with Gasteiger partial charge in [-0.25, -0.2) is 0 Å². The highest BCUT2D eigenvalue weighted by atomic mass is 127. The number of para-hydroxylation sites is 1. The Labute approximate surface area is 195 Å². The molecule has 0 saturated heterocycles. The maximum Gasteiger partial charge on any atom is 0.387 e. The number of guanidine groups is 1. The van der Waals surface area contributed by atoms with Gasteiger partial charge in [0.05, 0.1) is 6.54 Å². The molecule has 0 atom stereocenters. The van der Waals surface area contributed by atoms with E-state index < -0.39 is 18.4 Å². The number of hydrogen-bond acceptors (Lipinski definition) is 4. The number of hydrogen-bond donors (Lipinski definition) is 4. The molecular weight excluding hydrogens is 523 g/mol. The number of nitrogens with one attached hydrogen (secondary N) is 3. The lowest BCUT2D eigenvalue weighted by molar-refractivity contribution is -0.117. The van der Waals surface area contributed by atoms with Gasteiger partial charge in [-0.05, 0) is 23.8 Å². The molecule has 0 aliphatic rings. The average Bonchev–Trinajstić information content (AvgIpc) is 2.73. The summed E-state index contributed by atoms with van der Waals surface area (Å²) in [6.45, 7) is -2.47. The van der Waals surface area contributed by atoms with Crippen LogP contribution in [0.4, 0.5) is 8.78 Å². The third-order valence-electron chi connectivity index (χ3n) is 3.96. The summed E-state index contributed by atoms with van der Waals surface area (Å²) >= 11 is 0. The summed E-state index contributed by atoms with van der Waals surface area (Å²) < 4.78 is 29.5. The lowest BCUT2D eigenvalue weighted by atomic mass is 10.1. The Hall–Kier alpha value is -2.96. The normalized spacial score (nSPS) is 10.8. The van der Waals surface area contributed by atoms with E-state index >= 15 is 0 Å². The van der Waals surface area contributed by atoms with E-state index in [0.29, 0.717) is 23.6 Å². The van der Waals surface area contributed by atoms with Crippen LogP contribution in [0.3, 0.4) is 0 Å². The van der Waals surface area contributed by atoms with Crippen molar-refractivity contribution in [1.29, 1.82) is 0 Å². The zero-order valence-corrected chi connectivity index (χ0v) is 19.1. The molecule has 2 amide bonds. The van der Waals surface area contributed by atoms with E-state index in [4.69, 9.17) is 5.73 Å². The molecule has 0 bridgehead atoms. The lowest BCUT2D eigenvalue weighted by Crippen LogP contribution is -2.36. The van der Waals surface area contributed by atoms with Crippen molar-refractivity contribution in [1.82, 2.24) is 16.0 Å². The molecule has 5 N–H and O–H groups in total. The molecule has 2 aromatic carbocycles. The molecule has 2 aromatic rings. The summed E-state index contributed by atoms with van der Waals surface area (Å²) in [5.74, 6) is -0.451.